The Morgan fingerprint density at radius 3 is 2.32 bits per heavy atom. The summed E-state index contributed by atoms with van der Waals surface area (Å²) in [6.07, 6.45) is 0. The van der Waals surface area contributed by atoms with Crippen molar-refractivity contribution >= 4 is 11.6 Å². The molecule has 3 aromatic rings. The van der Waals surface area contributed by atoms with E-state index in [0.29, 0.717) is 0 Å². The van der Waals surface area contributed by atoms with Gasteiger partial charge in [0.25, 0.3) is 5.91 Å². The lowest BCUT2D eigenvalue weighted by Gasteiger charge is -2.36. The fraction of sp³-hybridized carbons (Fsp3) is 0.296. The minimum absolute atomic E-state index is 0.0211. The number of hydrogen-bond acceptors (Lipinski definition) is 3. The van der Waals surface area contributed by atoms with E-state index < -0.39 is 0 Å². The zero-order valence-corrected chi connectivity index (χ0v) is 18.4. The Bertz CT molecular complexity index is 993. The third kappa shape index (κ3) is 5.53. The van der Waals surface area contributed by atoms with Gasteiger partial charge in [0, 0.05) is 44.0 Å². The topological polar surface area (TPSA) is 35.6 Å². The summed E-state index contributed by atoms with van der Waals surface area (Å²) in [7, 11) is 0. The van der Waals surface area contributed by atoms with Crippen LogP contribution in [0.15, 0.2) is 78.9 Å². The lowest BCUT2D eigenvalue weighted by atomic mass is 10.1. The first-order valence-electron chi connectivity index (χ1n) is 11.1. The number of nitrogens with one attached hydrogen (secondary N) is 1. The standard InChI is InChI=1S/C27H31N3O/c1-21-11-13-26(14-12-21)30-17-15-29(16-18-30)20-23-7-6-10-25(19-23)27(31)28-22(2)24-8-4-3-5-9-24/h3-14,19,22H,15-18,20H2,1-2H3,(H,28,31). The first-order valence-corrected chi connectivity index (χ1v) is 11.1. The van der Waals surface area contributed by atoms with Gasteiger partial charge in [-0.2, -0.15) is 0 Å². The predicted octanol–water partition coefficient (Wildman–Crippen LogP) is 4.81. The van der Waals surface area contributed by atoms with Gasteiger partial charge in [-0.3, -0.25) is 9.69 Å². The molecule has 1 N–H and O–H groups in total. The molecule has 31 heavy (non-hydrogen) atoms. The molecule has 1 heterocycles. The second-order valence-electron chi connectivity index (χ2n) is 8.40. The summed E-state index contributed by atoms with van der Waals surface area (Å²) in [5, 5.41) is 3.11. The van der Waals surface area contributed by atoms with Gasteiger partial charge in [0.1, 0.15) is 0 Å². The van der Waals surface area contributed by atoms with E-state index in [0.717, 1.165) is 43.9 Å². The molecule has 0 saturated carbocycles. The Kier molecular flexibility index (Phi) is 6.68. The summed E-state index contributed by atoms with van der Waals surface area (Å²) in [6, 6.07) is 26.8. The number of benzene rings is 3. The molecule has 4 rings (SSSR count). The molecule has 0 aromatic heterocycles. The highest BCUT2D eigenvalue weighted by Crippen LogP contribution is 2.19. The molecule has 1 amide bonds. The smallest absolute Gasteiger partial charge is 0.251 e. The Hall–Kier alpha value is -3.11. The zero-order valence-electron chi connectivity index (χ0n) is 18.4. The summed E-state index contributed by atoms with van der Waals surface area (Å²) in [5.74, 6) is -0.0256. The molecular formula is C27H31N3O. The van der Waals surface area contributed by atoms with Gasteiger partial charge in [0.2, 0.25) is 0 Å². The molecule has 0 radical (unpaired) electrons. The first kappa shape index (κ1) is 21.1. The van der Waals surface area contributed by atoms with E-state index in [4.69, 9.17) is 0 Å². The fourth-order valence-corrected chi connectivity index (χ4v) is 4.09. The van der Waals surface area contributed by atoms with Crippen LogP contribution in [0.3, 0.4) is 0 Å². The highest BCUT2D eigenvalue weighted by molar-refractivity contribution is 5.94. The molecule has 0 spiro atoms. The van der Waals surface area contributed by atoms with Crippen molar-refractivity contribution in [2.24, 2.45) is 0 Å². The monoisotopic (exact) mass is 413 g/mol. The molecule has 4 nitrogen and oxygen atoms in total. The fourth-order valence-electron chi connectivity index (χ4n) is 4.09. The third-order valence-corrected chi connectivity index (χ3v) is 6.01. The summed E-state index contributed by atoms with van der Waals surface area (Å²) in [6.45, 7) is 9.11. The average molecular weight is 414 g/mol. The maximum Gasteiger partial charge on any atom is 0.251 e. The molecule has 3 aromatic carbocycles. The van der Waals surface area contributed by atoms with Crippen molar-refractivity contribution in [1.82, 2.24) is 10.2 Å². The van der Waals surface area contributed by atoms with Crippen molar-refractivity contribution in [2.45, 2.75) is 26.4 Å². The maximum atomic E-state index is 12.8. The Labute approximate surface area is 185 Å². The number of piperazine rings is 1. The van der Waals surface area contributed by atoms with Crippen molar-refractivity contribution in [1.29, 1.82) is 0 Å². The van der Waals surface area contributed by atoms with E-state index in [1.54, 1.807) is 0 Å². The summed E-state index contributed by atoms with van der Waals surface area (Å²) in [4.78, 5) is 17.7. The van der Waals surface area contributed by atoms with Crippen LogP contribution in [0.25, 0.3) is 0 Å². The van der Waals surface area contributed by atoms with Gasteiger partial charge in [0.15, 0.2) is 0 Å². The molecule has 1 saturated heterocycles. The number of aryl methyl sites for hydroxylation is 1. The largest absolute Gasteiger partial charge is 0.369 e. The minimum Gasteiger partial charge on any atom is -0.369 e. The highest BCUT2D eigenvalue weighted by Gasteiger charge is 2.18. The van der Waals surface area contributed by atoms with E-state index in [1.807, 2.05) is 55.5 Å². The average Bonchev–Trinajstić information content (AvgIpc) is 2.81. The van der Waals surface area contributed by atoms with Crippen molar-refractivity contribution in [3.63, 3.8) is 0 Å². The van der Waals surface area contributed by atoms with E-state index >= 15 is 0 Å². The van der Waals surface area contributed by atoms with Crippen LogP contribution in [0.2, 0.25) is 0 Å². The quantitative estimate of drug-likeness (QED) is 0.630. The molecule has 1 unspecified atom stereocenters. The summed E-state index contributed by atoms with van der Waals surface area (Å²) >= 11 is 0. The molecule has 1 atom stereocenters. The number of anilines is 1. The Morgan fingerprint density at radius 2 is 1.61 bits per heavy atom. The van der Waals surface area contributed by atoms with Crippen molar-refractivity contribution in [3.05, 3.63) is 101 Å². The summed E-state index contributed by atoms with van der Waals surface area (Å²) in [5.41, 5.74) is 5.61. The Balaban J connectivity index is 1.32. The van der Waals surface area contributed by atoms with Crippen LogP contribution in [0, 0.1) is 6.92 Å². The minimum atomic E-state index is -0.0256. The maximum absolute atomic E-state index is 12.8. The van der Waals surface area contributed by atoms with E-state index in [-0.39, 0.29) is 11.9 Å². The second-order valence-corrected chi connectivity index (χ2v) is 8.40. The molecule has 4 heteroatoms. The third-order valence-electron chi connectivity index (χ3n) is 6.01. The molecule has 1 fully saturated rings. The van der Waals surface area contributed by atoms with Crippen LogP contribution in [-0.2, 0) is 6.54 Å². The van der Waals surface area contributed by atoms with Gasteiger partial charge < -0.3 is 10.2 Å². The van der Waals surface area contributed by atoms with Gasteiger partial charge in [0.05, 0.1) is 6.04 Å². The Morgan fingerprint density at radius 1 is 0.903 bits per heavy atom. The van der Waals surface area contributed by atoms with Crippen molar-refractivity contribution < 1.29 is 4.79 Å². The lowest BCUT2D eigenvalue weighted by molar-refractivity contribution is 0.0939. The van der Waals surface area contributed by atoms with Gasteiger partial charge >= 0.3 is 0 Å². The van der Waals surface area contributed by atoms with Crippen LogP contribution < -0.4 is 10.2 Å². The van der Waals surface area contributed by atoms with Crippen molar-refractivity contribution in [3.8, 4) is 0 Å². The molecule has 1 aliphatic heterocycles. The van der Waals surface area contributed by atoms with E-state index in [1.165, 1.54) is 16.8 Å². The van der Waals surface area contributed by atoms with Crippen LogP contribution in [-0.4, -0.2) is 37.0 Å². The molecule has 0 aliphatic carbocycles. The number of nitrogens with zero attached hydrogens (tertiary/aromatic N) is 2. The number of hydrogen-bond donors (Lipinski definition) is 1. The second kappa shape index (κ2) is 9.80. The molecule has 1 aliphatic rings. The normalized spacial score (nSPS) is 15.5. The SMILES string of the molecule is Cc1ccc(N2CCN(Cc3cccc(C(=O)NC(C)c4ccccc4)c3)CC2)cc1. The van der Waals surface area contributed by atoms with Gasteiger partial charge in [-0.15, -0.1) is 0 Å². The lowest BCUT2D eigenvalue weighted by Crippen LogP contribution is -2.46. The van der Waals surface area contributed by atoms with Gasteiger partial charge in [-0.1, -0.05) is 60.2 Å². The van der Waals surface area contributed by atoms with Crippen LogP contribution >= 0.6 is 0 Å². The van der Waals surface area contributed by atoms with E-state index in [2.05, 4.69) is 52.4 Å². The number of carbonyl (C=O) groups is 1. The van der Waals surface area contributed by atoms with Crippen LogP contribution in [0.5, 0.6) is 0 Å². The molecular weight excluding hydrogens is 382 g/mol. The molecule has 160 valence electrons. The van der Waals surface area contributed by atoms with Crippen molar-refractivity contribution in [2.75, 3.05) is 31.1 Å². The van der Waals surface area contributed by atoms with E-state index in [9.17, 15) is 4.79 Å². The van der Waals surface area contributed by atoms with Crippen LogP contribution in [0.4, 0.5) is 5.69 Å². The zero-order chi connectivity index (χ0) is 21.6. The molecule has 0 bridgehead atoms. The highest BCUT2D eigenvalue weighted by atomic mass is 16.1. The number of carbonyl (C=O) groups excluding carboxylic acids is 1. The number of rotatable bonds is 6. The van der Waals surface area contributed by atoms with Gasteiger partial charge in [-0.25, -0.2) is 0 Å². The summed E-state index contributed by atoms with van der Waals surface area (Å²) < 4.78 is 0. The predicted molar refractivity (Wildman–Crippen MR) is 127 cm³/mol. The van der Waals surface area contributed by atoms with Gasteiger partial charge in [-0.05, 0) is 49.2 Å². The number of amides is 1. The van der Waals surface area contributed by atoms with Crippen LogP contribution in [0.1, 0.15) is 40.0 Å². The first-order chi connectivity index (χ1) is 15.1.